The van der Waals surface area contributed by atoms with E-state index in [4.69, 9.17) is 4.42 Å². The molecule has 76 valence electrons. The van der Waals surface area contributed by atoms with Gasteiger partial charge in [-0.3, -0.25) is 0 Å². The Morgan fingerprint density at radius 3 is 2.60 bits per heavy atom. The minimum absolute atomic E-state index is 0.00357. The molecule has 0 bridgehead atoms. The van der Waals surface area contributed by atoms with E-state index < -0.39 is 0 Å². The summed E-state index contributed by atoms with van der Waals surface area (Å²) in [6, 6.07) is 13.4. The van der Waals surface area contributed by atoms with Crippen LogP contribution >= 0.6 is 10.2 Å². The molecule has 0 aliphatic heterocycles. The number of rotatable bonds is 3. The van der Waals surface area contributed by atoms with E-state index in [0.717, 1.165) is 0 Å². The number of hydrogen-bond donors (Lipinski definition) is 0. The third-order valence-corrected chi connectivity index (χ3v) is 5.57. The average Bonchev–Trinajstić information content (AvgIpc) is 2.81. The van der Waals surface area contributed by atoms with Crippen molar-refractivity contribution in [2.24, 2.45) is 0 Å². The second kappa shape index (κ2) is 5.21. The van der Waals surface area contributed by atoms with E-state index in [2.05, 4.69) is 0 Å². The molecular formula is C11H8O2SSe. The summed E-state index contributed by atoms with van der Waals surface area (Å²) in [5, 5.41) is 0.00357. The van der Waals surface area contributed by atoms with E-state index in [1.54, 1.807) is 12.1 Å². The molecule has 4 heteroatoms. The molecule has 1 heterocycles. The van der Waals surface area contributed by atoms with Crippen molar-refractivity contribution in [1.29, 1.82) is 0 Å². The van der Waals surface area contributed by atoms with Crippen LogP contribution in [0, 0.1) is 0 Å². The molecule has 0 atom stereocenters. The van der Waals surface area contributed by atoms with Crippen LogP contribution in [0.1, 0.15) is 10.6 Å². The summed E-state index contributed by atoms with van der Waals surface area (Å²) in [4.78, 5) is 11.6. The molecule has 0 spiro atoms. The van der Waals surface area contributed by atoms with Gasteiger partial charge in [-0.1, -0.05) is 0 Å². The summed E-state index contributed by atoms with van der Waals surface area (Å²) in [6.07, 6.45) is 1.52. The van der Waals surface area contributed by atoms with Crippen LogP contribution in [-0.2, 0) is 0 Å². The molecular weight excluding hydrogens is 275 g/mol. The SMILES string of the molecule is O=C(S[Se]c1ccccc1)c1ccco1. The van der Waals surface area contributed by atoms with Gasteiger partial charge in [-0.2, -0.15) is 0 Å². The summed E-state index contributed by atoms with van der Waals surface area (Å²) in [7, 11) is 1.32. The summed E-state index contributed by atoms with van der Waals surface area (Å²) in [6.45, 7) is 0. The first-order chi connectivity index (χ1) is 7.36. The number of carbonyl (C=O) groups excluding carboxylic acids is 1. The Morgan fingerprint density at radius 1 is 1.13 bits per heavy atom. The van der Waals surface area contributed by atoms with Crippen molar-refractivity contribution in [2.45, 2.75) is 0 Å². The van der Waals surface area contributed by atoms with Gasteiger partial charge in [-0.15, -0.1) is 0 Å². The molecule has 2 nitrogen and oxygen atoms in total. The van der Waals surface area contributed by atoms with Gasteiger partial charge < -0.3 is 0 Å². The summed E-state index contributed by atoms with van der Waals surface area (Å²) >= 11 is 0.116. The van der Waals surface area contributed by atoms with Crippen molar-refractivity contribution in [1.82, 2.24) is 0 Å². The van der Waals surface area contributed by atoms with Crippen LogP contribution in [0.2, 0.25) is 0 Å². The molecule has 0 N–H and O–H groups in total. The predicted molar refractivity (Wildman–Crippen MR) is 62.5 cm³/mol. The third-order valence-electron chi connectivity index (χ3n) is 1.68. The van der Waals surface area contributed by atoms with E-state index in [1.165, 1.54) is 20.9 Å². The fraction of sp³-hybridized carbons (Fsp3) is 0. The summed E-state index contributed by atoms with van der Waals surface area (Å²) in [5.41, 5.74) is 0. The molecule has 1 aromatic carbocycles. The van der Waals surface area contributed by atoms with Crippen molar-refractivity contribution in [3.63, 3.8) is 0 Å². The molecule has 0 saturated carbocycles. The van der Waals surface area contributed by atoms with E-state index in [9.17, 15) is 4.79 Å². The molecule has 0 unspecified atom stereocenters. The first-order valence-corrected chi connectivity index (χ1v) is 8.03. The first-order valence-electron chi connectivity index (χ1n) is 4.33. The monoisotopic (exact) mass is 284 g/mol. The fourth-order valence-electron chi connectivity index (χ4n) is 0.998. The van der Waals surface area contributed by atoms with E-state index >= 15 is 0 Å². The zero-order chi connectivity index (χ0) is 10.5. The van der Waals surface area contributed by atoms with Gasteiger partial charge in [0.1, 0.15) is 0 Å². The van der Waals surface area contributed by atoms with Gasteiger partial charge in [0, 0.05) is 0 Å². The fourth-order valence-corrected chi connectivity index (χ4v) is 4.11. The molecule has 0 aliphatic carbocycles. The van der Waals surface area contributed by atoms with Crippen molar-refractivity contribution >= 4 is 33.6 Å². The van der Waals surface area contributed by atoms with E-state index in [0.29, 0.717) is 5.76 Å². The summed E-state index contributed by atoms with van der Waals surface area (Å²) in [5.74, 6) is 0.429. The zero-order valence-corrected chi connectivity index (χ0v) is 10.3. The Bertz CT molecular complexity index is 425. The molecule has 0 amide bonds. The van der Waals surface area contributed by atoms with Crippen LogP contribution < -0.4 is 4.46 Å². The standard InChI is InChI=1S/C11H8O2SSe/c12-11(10-7-4-8-13-10)14-15-9-5-2-1-3-6-9/h1-8H. The van der Waals surface area contributed by atoms with Crippen molar-refractivity contribution in [3.8, 4) is 0 Å². The quantitative estimate of drug-likeness (QED) is 0.808. The van der Waals surface area contributed by atoms with Crippen molar-refractivity contribution in [2.75, 3.05) is 0 Å². The van der Waals surface area contributed by atoms with Crippen LogP contribution in [0.15, 0.2) is 53.1 Å². The average molecular weight is 283 g/mol. The molecule has 2 aromatic rings. The maximum absolute atomic E-state index is 11.6. The van der Waals surface area contributed by atoms with E-state index in [-0.39, 0.29) is 19.0 Å². The Balaban J connectivity index is 1.92. The van der Waals surface area contributed by atoms with Crippen LogP contribution in [-0.4, -0.2) is 19.0 Å². The van der Waals surface area contributed by atoms with Crippen molar-refractivity contribution in [3.05, 3.63) is 54.5 Å². The first kappa shape index (κ1) is 10.6. The second-order valence-corrected chi connectivity index (χ2v) is 6.54. The summed E-state index contributed by atoms with van der Waals surface area (Å²) < 4.78 is 6.23. The Hall–Kier alpha value is -0.961. The van der Waals surface area contributed by atoms with Crippen LogP contribution in [0.3, 0.4) is 0 Å². The molecule has 0 fully saturated rings. The van der Waals surface area contributed by atoms with E-state index in [1.807, 2.05) is 30.3 Å². The van der Waals surface area contributed by atoms with Gasteiger partial charge in [0.05, 0.1) is 0 Å². The Labute approximate surface area is 97.3 Å². The zero-order valence-electron chi connectivity index (χ0n) is 7.75. The number of carbonyl (C=O) groups is 1. The number of hydrogen-bond acceptors (Lipinski definition) is 3. The molecule has 2 rings (SSSR count). The Kier molecular flexibility index (Phi) is 3.67. The van der Waals surface area contributed by atoms with Crippen LogP contribution in [0.5, 0.6) is 0 Å². The normalized spacial score (nSPS) is 10.1. The van der Waals surface area contributed by atoms with Gasteiger partial charge in [0.25, 0.3) is 0 Å². The molecule has 1 aromatic heterocycles. The molecule has 15 heavy (non-hydrogen) atoms. The predicted octanol–water partition coefficient (Wildman–Crippen LogP) is 2.10. The third kappa shape index (κ3) is 2.99. The van der Waals surface area contributed by atoms with Gasteiger partial charge in [-0.25, -0.2) is 0 Å². The second-order valence-electron chi connectivity index (χ2n) is 2.74. The van der Waals surface area contributed by atoms with Crippen LogP contribution in [0.4, 0.5) is 0 Å². The molecule has 0 saturated heterocycles. The Morgan fingerprint density at radius 2 is 1.93 bits per heavy atom. The number of furan rings is 1. The van der Waals surface area contributed by atoms with Gasteiger partial charge in [0.2, 0.25) is 0 Å². The minimum atomic E-state index is 0.00357. The molecule has 0 radical (unpaired) electrons. The topological polar surface area (TPSA) is 30.2 Å². The maximum atomic E-state index is 11.6. The van der Waals surface area contributed by atoms with Crippen molar-refractivity contribution < 1.29 is 9.21 Å². The van der Waals surface area contributed by atoms with Gasteiger partial charge in [0.15, 0.2) is 0 Å². The number of benzene rings is 1. The molecule has 0 aliphatic rings. The van der Waals surface area contributed by atoms with Gasteiger partial charge in [-0.05, 0) is 0 Å². The van der Waals surface area contributed by atoms with Crippen LogP contribution in [0.25, 0.3) is 0 Å². The van der Waals surface area contributed by atoms with Gasteiger partial charge >= 0.3 is 97.3 Å².